The van der Waals surface area contributed by atoms with Crippen molar-refractivity contribution in [2.45, 2.75) is 141 Å². The van der Waals surface area contributed by atoms with Gasteiger partial charge in [0.1, 0.15) is 23.0 Å². The number of alkyl halides is 3. The highest BCUT2D eigenvalue weighted by molar-refractivity contribution is 9.10. The number of carbonyl (C=O) groups is 1. The quantitative estimate of drug-likeness (QED) is 0.0408. The average Bonchev–Trinajstić information content (AvgIpc) is 2.33. The molecule has 2 aliphatic carbocycles. The number of unbranched alkanes of at least 4 members (excludes halogenated alkanes) is 5. The third kappa shape index (κ3) is 11.2. The van der Waals surface area contributed by atoms with E-state index in [1.165, 1.54) is 80.2 Å². The maximum atomic E-state index is 14.6. The molecule has 0 spiro atoms. The second kappa shape index (κ2) is 24.2. The molecule has 1 atom stereocenters. The second-order valence-corrected chi connectivity index (χ2v) is 24.3. The molecule has 11 rings (SSSR count). The highest BCUT2D eigenvalue weighted by Crippen LogP contribution is 2.60. The van der Waals surface area contributed by atoms with Gasteiger partial charge in [0.05, 0.1) is 25.9 Å². The summed E-state index contributed by atoms with van der Waals surface area (Å²) >= 11 is 3.96. The zero-order valence-corrected chi connectivity index (χ0v) is 49.5. The molecule has 1 saturated carbocycles. The van der Waals surface area contributed by atoms with Crippen molar-refractivity contribution in [1.82, 2.24) is 0 Å². The smallest absolute Gasteiger partial charge is 0.416 e. The van der Waals surface area contributed by atoms with Gasteiger partial charge in [-0.1, -0.05) is 167 Å². The van der Waals surface area contributed by atoms with Crippen LogP contribution in [0.2, 0.25) is 0 Å². The van der Waals surface area contributed by atoms with Crippen LogP contribution in [-0.2, 0) is 17.2 Å². The summed E-state index contributed by atoms with van der Waals surface area (Å²) in [5.41, 5.74) is 7.27. The first kappa shape index (κ1) is 57.0. The molecule has 82 heavy (non-hydrogen) atoms. The number of rotatable bonds is 21. The third-order valence-corrected chi connectivity index (χ3v) is 18.5. The molecule has 1 unspecified atom stereocenters. The first-order valence-electron chi connectivity index (χ1n) is 29.8. The van der Waals surface area contributed by atoms with Gasteiger partial charge in [-0.25, -0.2) is 0 Å². The Morgan fingerprint density at radius 3 is 1.95 bits per heavy atom. The molecule has 5 nitrogen and oxygen atoms in total. The van der Waals surface area contributed by atoms with Crippen molar-refractivity contribution in [2.75, 3.05) is 20.3 Å². The highest BCUT2D eigenvalue weighted by Gasteiger charge is 2.46. The number of halogens is 4. The van der Waals surface area contributed by atoms with Crippen LogP contribution in [0, 0.1) is 5.92 Å². The second-order valence-electron chi connectivity index (χ2n) is 23.5. The summed E-state index contributed by atoms with van der Waals surface area (Å²) in [5.74, 6) is 4.47. The van der Waals surface area contributed by atoms with E-state index in [1.54, 1.807) is 13.2 Å². The van der Waals surface area contributed by atoms with E-state index in [4.69, 9.17) is 18.9 Å². The maximum Gasteiger partial charge on any atom is 0.416 e. The van der Waals surface area contributed by atoms with E-state index in [0.717, 1.165) is 98.0 Å². The molecule has 424 valence electrons. The van der Waals surface area contributed by atoms with Crippen LogP contribution in [0.5, 0.6) is 23.0 Å². The van der Waals surface area contributed by atoms with Crippen LogP contribution in [0.3, 0.4) is 0 Å². The SMILES string of the molecule is CCCCC[C@H]1CC[C@H](c2ccc(-c3ccc(OCCCCCC(=O)c4cccc5c4c(Br)cc4c6c(c7c(c45)OC(c4ccc(OC)cc4)(c4ccc(OCCCC)cc4)C=C7)C(C)(C)c4cc(C(F)(F)F)ccc4-6)cc3)cc2)CC1. The van der Waals surface area contributed by atoms with Crippen LogP contribution in [0.4, 0.5) is 13.2 Å². The zero-order chi connectivity index (χ0) is 57.2. The molecule has 3 aliphatic rings. The van der Waals surface area contributed by atoms with Gasteiger partial charge in [-0.15, -0.1) is 0 Å². The van der Waals surface area contributed by atoms with Crippen LogP contribution in [0.25, 0.3) is 49.9 Å². The Bertz CT molecular complexity index is 3610. The summed E-state index contributed by atoms with van der Waals surface area (Å²) in [5, 5.41) is 3.14. The van der Waals surface area contributed by atoms with Crippen LogP contribution in [-0.4, -0.2) is 26.1 Å². The lowest BCUT2D eigenvalue weighted by molar-refractivity contribution is -0.137. The molecule has 1 heterocycles. The van der Waals surface area contributed by atoms with E-state index >= 15 is 0 Å². The molecule has 8 aromatic rings. The number of carbonyl (C=O) groups excluding carboxylic acids is 1. The number of benzene rings is 8. The van der Waals surface area contributed by atoms with Crippen LogP contribution < -0.4 is 18.9 Å². The summed E-state index contributed by atoms with van der Waals surface area (Å²) in [6.45, 7) is 9.57. The number of ether oxygens (including phenoxy) is 4. The standard InChI is InChI=1S/C73H74BrF3O5/c1-6-8-11-15-47-19-21-48(22-20-47)49-23-25-50(26-24-49)51-27-34-56(35-28-51)81-44-13-10-12-18-65(78)59-16-14-17-60-66(59)64(74)46-62-67-58-40-33-54(73(75,76)77)45-63(58)71(3,4)69(67)61-41-42-72(82-70(61)68(60)62,52-29-36-55(79-5)37-30-52)53-31-38-57(39-32-53)80-43-9-7-2/h14,16-17,23-42,45-48H,6-13,15,18-22,43-44H2,1-5H3/t47-,48-,72?. The van der Waals surface area contributed by atoms with Gasteiger partial charge in [-0.05, 0) is 174 Å². The molecule has 9 heteroatoms. The molecule has 0 bridgehead atoms. The van der Waals surface area contributed by atoms with Crippen LogP contribution in [0.1, 0.15) is 173 Å². The van der Waals surface area contributed by atoms with E-state index in [-0.39, 0.29) is 5.78 Å². The number of methoxy groups -OCH3 is 1. The summed E-state index contributed by atoms with van der Waals surface area (Å²) in [6, 6.07) is 45.4. The fourth-order valence-electron chi connectivity index (χ4n) is 13.3. The lowest BCUT2D eigenvalue weighted by Gasteiger charge is -2.38. The average molecular weight is 1170 g/mol. The highest BCUT2D eigenvalue weighted by atomic mass is 79.9. The lowest BCUT2D eigenvalue weighted by atomic mass is 9.76. The van der Waals surface area contributed by atoms with Gasteiger partial charge < -0.3 is 18.9 Å². The minimum absolute atomic E-state index is 0.0243. The summed E-state index contributed by atoms with van der Waals surface area (Å²) < 4.78 is 69.8. The number of hydrogen-bond donors (Lipinski definition) is 0. The molecule has 1 aliphatic heterocycles. The van der Waals surface area contributed by atoms with Crippen LogP contribution >= 0.6 is 15.9 Å². The van der Waals surface area contributed by atoms with E-state index in [9.17, 15) is 18.0 Å². The van der Waals surface area contributed by atoms with Gasteiger partial charge in [0.15, 0.2) is 11.4 Å². The third-order valence-electron chi connectivity index (χ3n) is 17.9. The Balaban J connectivity index is 0.852. The predicted octanol–water partition coefficient (Wildman–Crippen LogP) is 21.0. The van der Waals surface area contributed by atoms with E-state index in [2.05, 4.69) is 78.3 Å². The van der Waals surface area contributed by atoms with E-state index < -0.39 is 22.8 Å². The number of fused-ring (bicyclic) bond motifs is 10. The minimum atomic E-state index is -4.53. The Hall–Kier alpha value is -6.84. The van der Waals surface area contributed by atoms with Crippen molar-refractivity contribution in [3.05, 3.63) is 195 Å². The molecule has 8 aromatic carbocycles. The molecule has 1 fully saturated rings. The largest absolute Gasteiger partial charge is 0.497 e. The van der Waals surface area contributed by atoms with Crippen molar-refractivity contribution < 1.29 is 36.9 Å². The Morgan fingerprint density at radius 1 is 0.671 bits per heavy atom. The van der Waals surface area contributed by atoms with Gasteiger partial charge in [0, 0.05) is 49.3 Å². The van der Waals surface area contributed by atoms with E-state index in [0.29, 0.717) is 59.1 Å². The van der Waals surface area contributed by atoms with Crippen molar-refractivity contribution in [3.8, 4) is 45.3 Å². The van der Waals surface area contributed by atoms with Crippen LogP contribution in [0.15, 0.2) is 150 Å². The topological polar surface area (TPSA) is 54.0 Å². The number of ketones is 1. The molecule has 0 radical (unpaired) electrons. The van der Waals surface area contributed by atoms with Crippen molar-refractivity contribution in [3.63, 3.8) is 0 Å². The maximum absolute atomic E-state index is 14.6. The number of Topliss-reactive ketones (excluding diaryl/α,β-unsaturated/α-hetero) is 1. The Labute approximate surface area is 490 Å². The fourth-order valence-corrected chi connectivity index (χ4v) is 14.0. The normalized spacial score (nSPS) is 18.0. The lowest BCUT2D eigenvalue weighted by Crippen LogP contribution is -2.35. The molecule has 0 saturated heterocycles. The molecular formula is C73H74BrF3O5. The van der Waals surface area contributed by atoms with Crippen molar-refractivity contribution >= 4 is 49.3 Å². The molecular weight excluding hydrogens is 1090 g/mol. The first-order chi connectivity index (χ1) is 39.7. The van der Waals surface area contributed by atoms with E-state index in [1.807, 2.05) is 98.8 Å². The van der Waals surface area contributed by atoms with Gasteiger partial charge in [0.2, 0.25) is 0 Å². The fraction of sp³-hybridized carbons (Fsp3) is 0.356. The zero-order valence-electron chi connectivity index (χ0n) is 48.0. The molecule has 0 amide bonds. The Morgan fingerprint density at radius 2 is 1.30 bits per heavy atom. The summed E-state index contributed by atoms with van der Waals surface area (Å²) in [6.07, 6.45) is 15.0. The molecule has 0 aromatic heterocycles. The Kier molecular flexibility index (Phi) is 16.8. The molecule has 0 N–H and O–H groups in total. The van der Waals surface area contributed by atoms with Gasteiger partial charge in [-0.2, -0.15) is 13.2 Å². The van der Waals surface area contributed by atoms with Crippen molar-refractivity contribution in [2.24, 2.45) is 5.92 Å². The summed E-state index contributed by atoms with van der Waals surface area (Å²) in [4.78, 5) is 14.6. The minimum Gasteiger partial charge on any atom is -0.497 e. The van der Waals surface area contributed by atoms with Gasteiger partial charge >= 0.3 is 6.18 Å². The predicted molar refractivity (Wildman–Crippen MR) is 331 cm³/mol. The summed E-state index contributed by atoms with van der Waals surface area (Å²) in [7, 11) is 1.64. The number of hydrogen-bond acceptors (Lipinski definition) is 5. The monoisotopic (exact) mass is 1170 g/mol. The van der Waals surface area contributed by atoms with Crippen molar-refractivity contribution in [1.29, 1.82) is 0 Å². The van der Waals surface area contributed by atoms with Gasteiger partial charge in [0.25, 0.3) is 0 Å². The van der Waals surface area contributed by atoms with Gasteiger partial charge in [-0.3, -0.25) is 4.79 Å². The first-order valence-corrected chi connectivity index (χ1v) is 30.6.